The van der Waals surface area contributed by atoms with Gasteiger partial charge in [0.15, 0.2) is 5.65 Å². The largest absolute Gasteiger partial charge is 0.337 e. The van der Waals surface area contributed by atoms with Gasteiger partial charge in [0.05, 0.1) is 27.8 Å². The van der Waals surface area contributed by atoms with Crippen LogP contribution >= 0.6 is 0 Å². The summed E-state index contributed by atoms with van der Waals surface area (Å²) < 4.78 is 1.80. The van der Waals surface area contributed by atoms with Crippen molar-refractivity contribution in [1.29, 1.82) is 0 Å². The van der Waals surface area contributed by atoms with E-state index in [0.29, 0.717) is 27.9 Å². The summed E-state index contributed by atoms with van der Waals surface area (Å²) in [5.74, 6) is -0.204. The zero-order valence-corrected chi connectivity index (χ0v) is 18.1. The quantitative estimate of drug-likeness (QED) is 0.322. The molecule has 4 rings (SSSR count). The van der Waals surface area contributed by atoms with Gasteiger partial charge in [-0.2, -0.15) is 5.10 Å². The van der Waals surface area contributed by atoms with E-state index < -0.39 is 4.92 Å². The molecule has 0 aliphatic carbocycles. The number of hydrogen-bond acceptors (Lipinski definition) is 5. The van der Waals surface area contributed by atoms with Crippen LogP contribution in [0.2, 0.25) is 0 Å². The van der Waals surface area contributed by atoms with E-state index in [4.69, 9.17) is 4.98 Å². The maximum atomic E-state index is 13.5. The number of nitro groups is 1. The topological polar surface area (TPSA) is 94.2 Å². The van der Waals surface area contributed by atoms with Gasteiger partial charge in [0.25, 0.3) is 11.6 Å². The molecular formula is C24H23N5O3. The smallest absolute Gasteiger partial charge is 0.269 e. The Morgan fingerprint density at radius 3 is 2.56 bits per heavy atom. The minimum Gasteiger partial charge on any atom is -0.337 e. The Hall–Kier alpha value is -4.07. The first-order valence-electron chi connectivity index (χ1n) is 10.3. The van der Waals surface area contributed by atoms with Crippen molar-refractivity contribution in [2.75, 3.05) is 7.05 Å². The van der Waals surface area contributed by atoms with Crippen LogP contribution in [-0.2, 0) is 6.54 Å². The summed E-state index contributed by atoms with van der Waals surface area (Å²) in [6.07, 6.45) is 1.67. The van der Waals surface area contributed by atoms with Crippen molar-refractivity contribution < 1.29 is 9.72 Å². The molecule has 0 unspecified atom stereocenters. The molecule has 162 valence electrons. The number of non-ortho nitro benzene ring substituents is 1. The van der Waals surface area contributed by atoms with Crippen molar-refractivity contribution in [1.82, 2.24) is 19.7 Å². The molecule has 2 heterocycles. The fourth-order valence-electron chi connectivity index (χ4n) is 3.65. The van der Waals surface area contributed by atoms with Crippen molar-refractivity contribution in [2.24, 2.45) is 0 Å². The summed E-state index contributed by atoms with van der Waals surface area (Å²) in [6, 6.07) is 17.9. The third-order valence-electron chi connectivity index (χ3n) is 5.24. The average molecular weight is 429 g/mol. The normalized spacial score (nSPS) is 11.1. The minimum atomic E-state index is -0.440. The van der Waals surface area contributed by atoms with Crippen molar-refractivity contribution >= 4 is 22.6 Å². The van der Waals surface area contributed by atoms with Crippen molar-refractivity contribution in [3.8, 4) is 11.3 Å². The lowest BCUT2D eigenvalue weighted by Gasteiger charge is -2.18. The second kappa shape index (κ2) is 8.58. The van der Waals surface area contributed by atoms with Gasteiger partial charge in [-0.3, -0.25) is 14.9 Å². The number of hydrogen-bond donors (Lipinski definition) is 0. The van der Waals surface area contributed by atoms with Crippen LogP contribution < -0.4 is 0 Å². The van der Waals surface area contributed by atoms with Gasteiger partial charge in [-0.1, -0.05) is 42.5 Å². The Bertz CT molecular complexity index is 1300. The number of carbonyl (C=O) groups excluding carboxylic acids is 1. The molecule has 0 atom stereocenters. The molecule has 0 N–H and O–H groups in total. The van der Waals surface area contributed by atoms with Crippen molar-refractivity contribution in [3.63, 3.8) is 0 Å². The van der Waals surface area contributed by atoms with E-state index in [1.807, 2.05) is 44.2 Å². The van der Waals surface area contributed by atoms with E-state index in [1.165, 1.54) is 12.1 Å². The van der Waals surface area contributed by atoms with Crippen LogP contribution in [0.4, 0.5) is 5.69 Å². The molecule has 0 saturated carbocycles. The highest BCUT2D eigenvalue weighted by Crippen LogP contribution is 2.27. The third kappa shape index (κ3) is 4.07. The highest BCUT2D eigenvalue weighted by molar-refractivity contribution is 6.06. The molecule has 0 bridgehead atoms. The molecule has 0 spiro atoms. The lowest BCUT2D eigenvalue weighted by atomic mass is 10.1. The number of amides is 1. The van der Waals surface area contributed by atoms with Gasteiger partial charge in [-0.05, 0) is 25.5 Å². The molecule has 4 aromatic rings. The predicted molar refractivity (Wildman–Crippen MR) is 122 cm³/mol. The zero-order valence-electron chi connectivity index (χ0n) is 18.1. The van der Waals surface area contributed by atoms with Crippen LogP contribution in [0.5, 0.6) is 0 Å². The van der Waals surface area contributed by atoms with Crippen LogP contribution in [0.25, 0.3) is 22.3 Å². The minimum absolute atomic E-state index is 0.000718. The molecule has 8 nitrogen and oxygen atoms in total. The first kappa shape index (κ1) is 21.2. The van der Waals surface area contributed by atoms with E-state index in [0.717, 1.165) is 5.56 Å². The van der Waals surface area contributed by atoms with Crippen molar-refractivity contribution in [3.05, 3.63) is 88.1 Å². The van der Waals surface area contributed by atoms with Gasteiger partial charge in [0.2, 0.25) is 0 Å². The van der Waals surface area contributed by atoms with Gasteiger partial charge >= 0.3 is 0 Å². The van der Waals surface area contributed by atoms with Crippen molar-refractivity contribution in [2.45, 2.75) is 26.4 Å². The lowest BCUT2D eigenvalue weighted by Crippen LogP contribution is -2.26. The van der Waals surface area contributed by atoms with Crippen LogP contribution in [0, 0.1) is 10.1 Å². The highest BCUT2D eigenvalue weighted by atomic mass is 16.6. The average Bonchev–Trinajstić information content (AvgIpc) is 3.23. The number of nitrogens with zero attached hydrogens (tertiary/aromatic N) is 5. The molecule has 32 heavy (non-hydrogen) atoms. The molecule has 0 saturated heterocycles. The summed E-state index contributed by atoms with van der Waals surface area (Å²) in [7, 11) is 1.68. The standard InChI is InChI=1S/C24H23N5O3/c1-16(2)28-23-21(14-25-28)20(13-22(26-23)18-9-5-4-6-10-18)24(30)27(3)15-17-8-7-11-19(12-17)29(31)32/h4-14,16H,15H2,1-3H3. The van der Waals surface area contributed by atoms with E-state index in [9.17, 15) is 14.9 Å². The Kier molecular flexibility index (Phi) is 5.68. The summed E-state index contributed by atoms with van der Waals surface area (Å²) >= 11 is 0. The van der Waals surface area contributed by atoms with Gasteiger partial charge < -0.3 is 4.90 Å². The SMILES string of the molecule is CC(C)n1ncc2c(C(=O)N(C)Cc3cccc([N+](=O)[O-])c3)cc(-c3ccccc3)nc21. The van der Waals surface area contributed by atoms with Gasteiger partial charge in [-0.25, -0.2) is 9.67 Å². The molecular weight excluding hydrogens is 406 g/mol. The second-order valence-corrected chi connectivity index (χ2v) is 7.93. The van der Waals surface area contributed by atoms with E-state index in [-0.39, 0.29) is 24.2 Å². The summed E-state index contributed by atoms with van der Waals surface area (Å²) in [4.78, 5) is 30.5. The molecule has 8 heteroatoms. The Morgan fingerprint density at radius 2 is 1.88 bits per heavy atom. The van der Waals surface area contributed by atoms with Gasteiger partial charge in [-0.15, -0.1) is 0 Å². The number of fused-ring (bicyclic) bond motifs is 1. The van der Waals surface area contributed by atoms with E-state index in [1.54, 1.807) is 41.0 Å². The van der Waals surface area contributed by atoms with Crippen LogP contribution in [0.3, 0.4) is 0 Å². The maximum Gasteiger partial charge on any atom is 0.269 e. The zero-order chi connectivity index (χ0) is 22.8. The Balaban J connectivity index is 1.76. The Morgan fingerprint density at radius 1 is 1.12 bits per heavy atom. The molecule has 0 aliphatic heterocycles. The second-order valence-electron chi connectivity index (χ2n) is 7.93. The number of aromatic nitrogens is 3. The number of benzene rings is 2. The number of rotatable bonds is 6. The third-order valence-corrected chi connectivity index (χ3v) is 5.24. The molecule has 0 aliphatic rings. The van der Waals surface area contributed by atoms with Gasteiger partial charge in [0.1, 0.15) is 0 Å². The van der Waals surface area contributed by atoms with Gasteiger partial charge in [0, 0.05) is 37.3 Å². The number of nitro benzene ring substituents is 1. The van der Waals surface area contributed by atoms with Crippen LogP contribution in [0.1, 0.15) is 35.8 Å². The Labute approximate surface area is 185 Å². The maximum absolute atomic E-state index is 13.5. The monoisotopic (exact) mass is 429 g/mol. The van der Waals surface area contributed by atoms with E-state index in [2.05, 4.69) is 5.10 Å². The number of carbonyl (C=O) groups is 1. The fraction of sp³-hybridized carbons (Fsp3) is 0.208. The highest BCUT2D eigenvalue weighted by Gasteiger charge is 2.21. The summed E-state index contributed by atoms with van der Waals surface area (Å²) in [5.41, 5.74) is 3.41. The van der Waals surface area contributed by atoms with Crippen LogP contribution in [0.15, 0.2) is 66.9 Å². The summed E-state index contributed by atoms with van der Waals surface area (Å²) in [6.45, 7) is 4.27. The first-order chi connectivity index (χ1) is 15.3. The molecule has 0 radical (unpaired) electrons. The predicted octanol–water partition coefficient (Wildman–Crippen LogP) is 4.86. The fourth-order valence-corrected chi connectivity index (χ4v) is 3.65. The molecule has 1 amide bonds. The van der Waals surface area contributed by atoms with E-state index >= 15 is 0 Å². The molecule has 2 aromatic heterocycles. The summed E-state index contributed by atoms with van der Waals surface area (Å²) in [5, 5.41) is 16.2. The van der Waals surface area contributed by atoms with Crippen LogP contribution in [-0.4, -0.2) is 37.5 Å². The molecule has 2 aromatic carbocycles. The first-order valence-corrected chi connectivity index (χ1v) is 10.3. The lowest BCUT2D eigenvalue weighted by molar-refractivity contribution is -0.384. The molecule has 0 fully saturated rings. The number of pyridine rings is 1.